The summed E-state index contributed by atoms with van der Waals surface area (Å²) in [6.45, 7) is 2.24. The van der Waals surface area contributed by atoms with Gasteiger partial charge in [0, 0.05) is 4.32 Å². The predicted octanol–water partition coefficient (Wildman–Crippen LogP) is 3.59. The van der Waals surface area contributed by atoms with Gasteiger partial charge in [0.2, 0.25) is 0 Å². The molecule has 0 aromatic heterocycles. The van der Waals surface area contributed by atoms with Gasteiger partial charge in [-0.1, -0.05) is 29.3 Å². The van der Waals surface area contributed by atoms with Crippen molar-refractivity contribution < 1.29 is 9.90 Å². The number of carboxylic acid groups (broad SMARTS) is 1. The van der Waals surface area contributed by atoms with Gasteiger partial charge in [0.15, 0.2) is 0 Å². The van der Waals surface area contributed by atoms with Crippen molar-refractivity contribution >= 4 is 21.9 Å². The van der Waals surface area contributed by atoms with Gasteiger partial charge in [-0.15, -0.1) is 0 Å². The summed E-state index contributed by atoms with van der Waals surface area (Å²) >= 11 is 3.87. The number of rotatable bonds is 2. The second kappa shape index (κ2) is 3.04. The number of carbonyl (C=O) groups is 1. The van der Waals surface area contributed by atoms with Gasteiger partial charge < -0.3 is 5.11 Å². The Balaban J connectivity index is 2.04. The highest BCUT2D eigenvalue weighted by Crippen LogP contribution is 2.69. The smallest absolute Gasteiger partial charge is 0.309 e. The first-order valence-electron chi connectivity index (χ1n) is 6.33. The first-order chi connectivity index (χ1) is 7.41. The molecule has 4 rings (SSSR count). The molecule has 0 aromatic carbocycles. The molecule has 0 aromatic rings. The first-order valence-corrected chi connectivity index (χ1v) is 7.13. The van der Waals surface area contributed by atoms with Crippen LogP contribution in [0.25, 0.3) is 0 Å². The molecule has 2 nitrogen and oxygen atoms in total. The summed E-state index contributed by atoms with van der Waals surface area (Å²) < 4.78 is 0.140. The molecule has 0 radical (unpaired) electrons. The molecule has 90 valence electrons. The van der Waals surface area contributed by atoms with E-state index in [-0.39, 0.29) is 4.32 Å². The van der Waals surface area contributed by atoms with Crippen LogP contribution in [0.5, 0.6) is 0 Å². The van der Waals surface area contributed by atoms with Crippen LogP contribution in [0.4, 0.5) is 0 Å². The number of alkyl halides is 1. The van der Waals surface area contributed by atoms with Gasteiger partial charge in [0.25, 0.3) is 0 Å². The summed E-state index contributed by atoms with van der Waals surface area (Å²) in [7, 11) is 0. The summed E-state index contributed by atoms with van der Waals surface area (Å²) in [4.78, 5) is 11.6. The quantitative estimate of drug-likeness (QED) is 0.788. The molecule has 4 aliphatic carbocycles. The van der Waals surface area contributed by atoms with Crippen molar-refractivity contribution in [3.8, 4) is 0 Å². The molecule has 0 heterocycles. The molecule has 0 amide bonds. The maximum absolute atomic E-state index is 11.6. The summed E-state index contributed by atoms with van der Waals surface area (Å²) in [6, 6.07) is 0. The Labute approximate surface area is 105 Å². The Hall–Kier alpha value is -0.0500. The lowest BCUT2D eigenvalue weighted by molar-refractivity contribution is -0.171. The third-order valence-corrected chi connectivity index (χ3v) is 6.20. The molecule has 0 saturated heterocycles. The highest BCUT2D eigenvalue weighted by atomic mass is 79.9. The van der Waals surface area contributed by atoms with E-state index >= 15 is 0 Å². The summed E-state index contributed by atoms with van der Waals surface area (Å²) in [5, 5.41) is 9.58. The van der Waals surface area contributed by atoms with Crippen LogP contribution in [0, 0.1) is 16.7 Å². The van der Waals surface area contributed by atoms with E-state index in [0.29, 0.717) is 11.3 Å². The molecule has 0 unspecified atom stereocenters. The van der Waals surface area contributed by atoms with Crippen LogP contribution in [0.15, 0.2) is 0 Å². The minimum absolute atomic E-state index is 0.140. The zero-order valence-electron chi connectivity index (χ0n) is 9.76. The molecule has 1 N–H and O–H groups in total. The zero-order valence-corrected chi connectivity index (χ0v) is 11.3. The van der Waals surface area contributed by atoms with E-state index in [2.05, 4.69) is 22.9 Å². The fraction of sp³-hybridized carbons (Fsp3) is 0.923. The summed E-state index contributed by atoms with van der Waals surface area (Å²) in [5.41, 5.74) is -0.0831. The second-order valence-electron chi connectivity index (χ2n) is 6.60. The van der Waals surface area contributed by atoms with Gasteiger partial charge in [-0.25, -0.2) is 0 Å². The Morgan fingerprint density at radius 1 is 1.31 bits per heavy atom. The molecule has 4 saturated carbocycles. The van der Waals surface area contributed by atoms with E-state index in [0.717, 1.165) is 25.7 Å². The lowest BCUT2D eigenvalue weighted by atomic mass is 9.43. The summed E-state index contributed by atoms with van der Waals surface area (Å²) in [6.07, 6.45) is 7.52. The lowest BCUT2D eigenvalue weighted by Gasteiger charge is -2.63. The Bertz CT molecular complexity index is 356. The highest BCUT2D eigenvalue weighted by Gasteiger charge is 2.64. The van der Waals surface area contributed by atoms with Gasteiger partial charge in [0.05, 0.1) is 5.41 Å². The Morgan fingerprint density at radius 3 is 2.62 bits per heavy atom. The standard InChI is InChI=1S/C13H19BrO2/c1-2-11-3-9-4-12(6-11,10(15)16)8-13(14,5-9)7-11/h9H,2-8H2,1H3,(H,15,16)/t9-,11-,12-,13-/m1/s1. The minimum Gasteiger partial charge on any atom is -0.481 e. The van der Waals surface area contributed by atoms with E-state index in [1.165, 1.54) is 19.3 Å². The normalized spacial score (nSPS) is 54.2. The number of hydrogen-bond donors (Lipinski definition) is 1. The SMILES string of the molecule is CC[C@]12C[C@H]3C[C@@](Br)(C1)C[C@@](C(=O)O)(C3)C2. The molecule has 0 spiro atoms. The molecule has 4 fully saturated rings. The maximum Gasteiger partial charge on any atom is 0.309 e. The van der Waals surface area contributed by atoms with Crippen molar-refractivity contribution in [3.63, 3.8) is 0 Å². The van der Waals surface area contributed by atoms with E-state index in [1.807, 2.05) is 0 Å². The third kappa shape index (κ3) is 1.33. The minimum atomic E-state index is -0.543. The van der Waals surface area contributed by atoms with E-state index in [4.69, 9.17) is 0 Å². The van der Waals surface area contributed by atoms with Gasteiger partial charge in [-0.3, -0.25) is 4.79 Å². The van der Waals surface area contributed by atoms with Crippen molar-refractivity contribution in [2.45, 2.75) is 56.2 Å². The van der Waals surface area contributed by atoms with Crippen LogP contribution < -0.4 is 0 Å². The van der Waals surface area contributed by atoms with Crippen LogP contribution in [-0.4, -0.2) is 15.4 Å². The van der Waals surface area contributed by atoms with Crippen LogP contribution in [0.2, 0.25) is 0 Å². The van der Waals surface area contributed by atoms with Gasteiger partial charge in [-0.2, -0.15) is 0 Å². The van der Waals surface area contributed by atoms with Gasteiger partial charge >= 0.3 is 5.97 Å². The van der Waals surface area contributed by atoms with Crippen LogP contribution in [-0.2, 0) is 4.79 Å². The van der Waals surface area contributed by atoms with Crippen molar-refractivity contribution in [1.82, 2.24) is 0 Å². The van der Waals surface area contributed by atoms with Crippen LogP contribution in [0.1, 0.15) is 51.9 Å². The van der Waals surface area contributed by atoms with E-state index in [9.17, 15) is 9.90 Å². The molecule has 4 atom stereocenters. The average Bonchev–Trinajstić information content (AvgIpc) is 2.13. The number of carboxylic acids is 1. The van der Waals surface area contributed by atoms with Gasteiger partial charge in [-0.05, 0) is 49.9 Å². The Kier molecular flexibility index (Phi) is 2.10. The fourth-order valence-corrected chi connectivity index (χ4v) is 6.74. The fourth-order valence-electron chi connectivity index (χ4n) is 5.15. The second-order valence-corrected chi connectivity index (χ2v) is 8.28. The number of hydrogen-bond acceptors (Lipinski definition) is 1. The maximum atomic E-state index is 11.6. The molecular weight excluding hydrogens is 268 g/mol. The molecule has 4 aliphatic rings. The monoisotopic (exact) mass is 286 g/mol. The molecule has 0 aliphatic heterocycles. The first kappa shape index (κ1) is 11.1. The third-order valence-electron chi connectivity index (χ3n) is 5.32. The molecular formula is C13H19BrO2. The molecule has 3 heteroatoms. The van der Waals surface area contributed by atoms with Crippen molar-refractivity contribution in [2.24, 2.45) is 16.7 Å². The van der Waals surface area contributed by atoms with Crippen LogP contribution >= 0.6 is 15.9 Å². The van der Waals surface area contributed by atoms with E-state index in [1.54, 1.807) is 0 Å². The molecule has 4 bridgehead atoms. The largest absolute Gasteiger partial charge is 0.481 e. The van der Waals surface area contributed by atoms with Crippen molar-refractivity contribution in [2.75, 3.05) is 0 Å². The van der Waals surface area contributed by atoms with Crippen molar-refractivity contribution in [3.05, 3.63) is 0 Å². The highest BCUT2D eigenvalue weighted by molar-refractivity contribution is 9.10. The summed E-state index contributed by atoms with van der Waals surface area (Å²) in [5.74, 6) is 0.102. The predicted molar refractivity (Wildman–Crippen MR) is 65.6 cm³/mol. The molecule has 16 heavy (non-hydrogen) atoms. The number of halogens is 1. The van der Waals surface area contributed by atoms with Crippen LogP contribution in [0.3, 0.4) is 0 Å². The lowest BCUT2D eigenvalue weighted by Crippen LogP contribution is -2.60. The zero-order chi connectivity index (χ0) is 11.6. The number of aliphatic carboxylic acids is 1. The van der Waals surface area contributed by atoms with E-state index < -0.39 is 11.4 Å². The topological polar surface area (TPSA) is 37.3 Å². The van der Waals surface area contributed by atoms with Gasteiger partial charge in [0.1, 0.15) is 0 Å². The average molecular weight is 287 g/mol. The van der Waals surface area contributed by atoms with Crippen molar-refractivity contribution in [1.29, 1.82) is 0 Å². The Morgan fingerprint density at radius 2 is 2.06 bits per heavy atom.